The standard InChI is InChI=1S/C16H21F3N2O2/c17-16(18,19)12-5-3-6-13(11-12)21-15(22)20-9-4-10-23-14-7-1-2-8-14/h3,5-6,11,14H,1-2,4,7-10H2,(H2,20,21,22). The van der Waals surface area contributed by atoms with Crippen LogP contribution in [0.2, 0.25) is 0 Å². The minimum Gasteiger partial charge on any atom is -0.378 e. The summed E-state index contributed by atoms with van der Waals surface area (Å²) in [5.41, 5.74) is -0.681. The van der Waals surface area contributed by atoms with Gasteiger partial charge in [-0.15, -0.1) is 0 Å². The lowest BCUT2D eigenvalue weighted by molar-refractivity contribution is -0.137. The van der Waals surface area contributed by atoms with Gasteiger partial charge in [0.05, 0.1) is 11.7 Å². The number of rotatable bonds is 6. The van der Waals surface area contributed by atoms with Crippen LogP contribution in [0.4, 0.5) is 23.7 Å². The highest BCUT2D eigenvalue weighted by Crippen LogP contribution is 2.30. The van der Waals surface area contributed by atoms with Crippen LogP contribution in [0.25, 0.3) is 0 Å². The Morgan fingerprint density at radius 2 is 2.00 bits per heavy atom. The summed E-state index contributed by atoms with van der Waals surface area (Å²) in [6.07, 6.45) is 1.21. The number of carbonyl (C=O) groups is 1. The van der Waals surface area contributed by atoms with Gasteiger partial charge in [-0.25, -0.2) is 4.79 Å². The van der Waals surface area contributed by atoms with E-state index in [-0.39, 0.29) is 5.69 Å². The number of nitrogens with one attached hydrogen (secondary N) is 2. The number of benzene rings is 1. The number of halogens is 3. The van der Waals surface area contributed by atoms with Gasteiger partial charge < -0.3 is 15.4 Å². The molecule has 0 radical (unpaired) electrons. The van der Waals surface area contributed by atoms with Crippen LogP contribution in [0.15, 0.2) is 24.3 Å². The zero-order chi connectivity index (χ0) is 16.7. The summed E-state index contributed by atoms with van der Waals surface area (Å²) in [5, 5.41) is 5.00. The Bertz CT molecular complexity index is 514. The highest BCUT2D eigenvalue weighted by molar-refractivity contribution is 5.89. The van der Waals surface area contributed by atoms with Crippen molar-refractivity contribution in [3.8, 4) is 0 Å². The van der Waals surface area contributed by atoms with Crippen molar-refractivity contribution in [2.45, 2.75) is 44.4 Å². The summed E-state index contributed by atoms with van der Waals surface area (Å²) in [4.78, 5) is 11.6. The smallest absolute Gasteiger partial charge is 0.378 e. The summed E-state index contributed by atoms with van der Waals surface area (Å²) >= 11 is 0. The van der Waals surface area contributed by atoms with E-state index in [0.29, 0.717) is 25.7 Å². The van der Waals surface area contributed by atoms with Gasteiger partial charge in [0.15, 0.2) is 0 Å². The summed E-state index contributed by atoms with van der Waals surface area (Å²) in [7, 11) is 0. The topological polar surface area (TPSA) is 50.4 Å². The number of ether oxygens (including phenoxy) is 1. The average molecular weight is 330 g/mol. The van der Waals surface area contributed by atoms with Crippen molar-refractivity contribution < 1.29 is 22.7 Å². The van der Waals surface area contributed by atoms with Crippen LogP contribution < -0.4 is 10.6 Å². The van der Waals surface area contributed by atoms with Crippen molar-refractivity contribution in [2.24, 2.45) is 0 Å². The molecule has 1 aromatic carbocycles. The third-order valence-electron chi connectivity index (χ3n) is 3.71. The maximum atomic E-state index is 12.6. The highest BCUT2D eigenvalue weighted by atomic mass is 19.4. The number of urea groups is 1. The van der Waals surface area contributed by atoms with E-state index >= 15 is 0 Å². The number of carbonyl (C=O) groups excluding carboxylic acids is 1. The number of hydrogen-bond donors (Lipinski definition) is 2. The van der Waals surface area contributed by atoms with Gasteiger partial charge in [0.25, 0.3) is 0 Å². The fourth-order valence-corrected chi connectivity index (χ4v) is 2.53. The molecule has 1 saturated carbocycles. The van der Waals surface area contributed by atoms with Gasteiger partial charge in [-0.2, -0.15) is 13.2 Å². The second-order valence-electron chi connectivity index (χ2n) is 5.59. The van der Waals surface area contributed by atoms with E-state index in [4.69, 9.17) is 4.74 Å². The normalized spacial score (nSPS) is 15.6. The molecule has 7 heteroatoms. The van der Waals surface area contributed by atoms with Crippen LogP contribution in [0.1, 0.15) is 37.7 Å². The van der Waals surface area contributed by atoms with Crippen molar-refractivity contribution >= 4 is 11.7 Å². The molecule has 0 heterocycles. The van der Waals surface area contributed by atoms with Gasteiger partial charge in [0.2, 0.25) is 0 Å². The van der Waals surface area contributed by atoms with E-state index in [1.807, 2.05) is 0 Å². The second-order valence-corrected chi connectivity index (χ2v) is 5.59. The molecule has 0 spiro atoms. The van der Waals surface area contributed by atoms with E-state index in [0.717, 1.165) is 25.0 Å². The SMILES string of the molecule is O=C(NCCCOC1CCCC1)Nc1cccc(C(F)(F)F)c1. The van der Waals surface area contributed by atoms with E-state index in [1.54, 1.807) is 0 Å². The molecule has 4 nitrogen and oxygen atoms in total. The van der Waals surface area contributed by atoms with E-state index in [1.165, 1.54) is 25.0 Å². The van der Waals surface area contributed by atoms with Gasteiger partial charge in [0, 0.05) is 18.8 Å². The maximum Gasteiger partial charge on any atom is 0.416 e. The Balaban J connectivity index is 1.66. The van der Waals surface area contributed by atoms with Gasteiger partial charge >= 0.3 is 12.2 Å². The van der Waals surface area contributed by atoms with Crippen LogP contribution in [-0.2, 0) is 10.9 Å². The molecular formula is C16H21F3N2O2. The fourth-order valence-electron chi connectivity index (χ4n) is 2.53. The quantitative estimate of drug-likeness (QED) is 0.769. The number of amides is 2. The Kier molecular flexibility index (Phi) is 6.27. The monoisotopic (exact) mass is 330 g/mol. The number of alkyl halides is 3. The summed E-state index contributed by atoms with van der Waals surface area (Å²) < 4.78 is 43.4. The molecule has 0 aliphatic heterocycles. The summed E-state index contributed by atoms with van der Waals surface area (Å²) in [6.45, 7) is 0.992. The first-order valence-corrected chi connectivity index (χ1v) is 7.79. The summed E-state index contributed by atoms with van der Waals surface area (Å²) in [5.74, 6) is 0. The Hall–Kier alpha value is -1.76. The van der Waals surface area contributed by atoms with Crippen molar-refractivity contribution in [3.05, 3.63) is 29.8 Å². The van der Waals surface area contributed by atoms with Gasteiger partial charge in [-0.1, -0.05) is 18.9 Å². The molecule has 2 N–H and O–H groups in total. The predicted octanol–water partition coefficient (Wildman–Crippen LogP) is 4.18. The molecule has 128 valence electrons. The number of anilines is 1. The second kappa shape index (κ2) is 8.19. The first kappa shape index (κ1) is 17.6. The minimum atomic E-state index is -4.42. The molecule has 0 unspecified atom stereocenters. The molecular weight excluding hydrogens is 309 g/mol. The number of hydrogen-bond acceptors (Lipinski definition) is 2. The first-order chi connectivity index (χ1) is 10.9. The maximum absolute atomic E-state index is 12.6. The zero-order valence-electron chi connectivity index (χ0n) is 12.8. The van der Waals surface area contributed by atoms with E-state index in [9.17, 15) is 18.0 Å². The molecule has 2 rings (SSSR count). The molecule has 0 atom stereocenters. The van der Waals surface area contributed by atoms with Crippen molar-refractivity contribution in [3.63, 3.8) is 0 Å². The van der Waals surface area contributed by atoms with Crippen LogP contribution >= 0.6 is 0 Å². The van der Waals surface area contributed by atoms with Crippen LogP contribution in [0, 0.1) is 0 Å². The minimum absolute atomic E-state index is 0.111. The van der Waals surface area contributed by atoms with Gasteiger partial charge in [-0.3, -0.25) is 0 Å². The zero-order valence-corrected chi connectivity index (χ0v) is 12.8. The molecule has 1 fully saturated rings. The van der Waals surface area contributed by atoms with Crippen LogP contribution in [0.5, 0.6) is 0 Å². The average Bonchev–Trinajstić information content (AvgIpc) is 2.99. The Morgan fingerprint density at radius 1 is 1.26 bits per heavy atom. The van der Waals surface area contributed by atoms with Crippen molar-refractivity contribution in [1.82, 2.24) is 5.32 Å². The molecule has 0 saturated heterocycles. The lowest BCUT2D eigenvalue weighted by Crippen LogP contribution is -2.30. The van der Waals surface area contributed by atoms with Gasteiger partial charge in [0.1, 0.15) is 0 Å². The molecule has 23 heavy (non-hydrogen) atoms. The fraction of sp³-hybridized carbons (Fsp3) is 0.562. The first-order valence-electron chi connectivity index (χ1n) is 7.79. The molecule has 1 aliphatic carbocycles. The van der Waals surface area contributed by atoms with Crippen molar-refractivity contribution in [2.75, 3.05) is 18.5 Å². The van der Waals surface area contributed by atoms with Crippen LogP contribution in [0.3, 0.4) is 0 Å². The largest absolute Gasteiger partial charge is 0.416 e. The Labute approximate surface area is 133 Å². The lowest BCUT2D eigenvalue weighted by atomic mass is 10.2. The highest BCUT2D eigenvalue weighted by Gasteiger charge is 2.30. The van der Waals surface area contributed by atoms with Gasteiger partial charge in [-0.05, 0) is 37.5 Å². The van der Waals surface area contributed by atoms with Crippen LogP contribution in [-0.4, -0.2) is 25.3 Å². The predicted molar refractivity (Wildman–Crippen MR) is 81.3 cm³/mol. The third kappa shape index (κ3) is 6.09. The van der Waals surface area contributed by atoms with E-state index in [2.05, 4.69) is 10.6 Å². The summed E-state index contributed by atoms with van der Waals surface area (Å²) in [6, 6.07) is 4.02. The molecule has 0 aromatic heterocycles. The lowest BCUT2D eigenvalue weighted by Gasteiger charge is -2.12. The molecule has 1 aromatic rings. The molecule has 0 bridgehead atoms. The van der Waals surface area contributed by atoms with Crippen molar-refractivity contribution in [1.29, 1.82) is 0 Å². The Morgan fingerprint density at radius 3 is 2.70 bits per heavy atom. The van der Waals surface area contributed by atoms with E-state index < -0.39 is 17.8 Å². The molecule has 2 amide bonds. The molecule has 1 aliphatic rings. The third-order valence-corrected chi connectivity index (χ3v) is 3.71.